The summed E-state index contributed by atoms with van der Waals surface area (Å²) in [7, 11) is 0. The Kier molecular flexibility index (Phi) is 10.5. The lowest BCUT2D eigenvalue weighted by Gasteiger charge is -2.33. The van der Waals surface area contributed by atoms with Crippen molar-refractivity contribution in [3.05, 3.63) is 99.8 Å². The minimum atomic E-state index is -0.823. The molecule has 5 nitrogen and oxygen atoms in total. The largest absolute Gasteiger partial charge is 0.483 e. The van der Waals surface area contributed by atoms with E-state index in [0.29, 0.717) is 17.7 Å². The second-order valence-corrected chi connectivity index (χ2v) is 10.9. The Bertz CT molecular complexity index is 1250. The van der Waals surface area contributed by atoms with Gasteiger partial charge in [-0.3, -0.25) is 9.59 Å². The molecule has 1 N–H and O–H groups in total. The van der Waals surface area contributed by atoms with Gasteiger partial charge in [0.15, 0.2) is 6.61 Å². The van der Waals surface area contributed by atoms with Crippen molar-refractivity contribution in [1.29, 1.82) is 0 Å². The van der Waals surface area contributed by atoms with Crippen LogP contribution in [0, 0.1) is 5.82 Å². The van der Waals surface area contributed by atoms with E-state index in [0.717, 1.165) is 47.7 Å². The van der Waals surface area contributed by atoms with Gasteiger partial charge in [-0.1, -0.05) is 80.8 Å². The van der Waals surface area contributed by atoms with Gasteiger partial charge >= 0.3 is 0 Å². The number of nitrogens with zero attached hydrogens (tertiary/aromatic N) is 1. The molecule has 4 rings (SSSR count). The summed E-state index contributed by atoms with van der Waals surface area (Å²) in [5.74, 6) is -0.480. The standard InChI is InChI=1S/C32H36BrFN2O3/c1-2-23-17-18-30(27(33)19-23)39-22-31(37)36(21-25-13-9-10-16-28(25)34)29(20-24-11-5-3-6-12-24)32(38)35-26-14-7-4-8-15-26/h3,5-6,9-13,16-19,26,29H,2,4,7-8,14-15,20-22H2,1H3,(H,35,38)/t29-/m0/s1. The zero-order chi connectivity index (χ0) is 27.6. The van der Waals surface area contributed by atoms with Gasteiger partial charge in [0.2, 0.25) is 5.91 Å². The van der Waals surface area contributed by atoms with Crippen LogP contribution >= 0.6 is 15.9 Å². The van der Waals surface area contributed by atoms with Crippen molar-refractivity contribution < 1.29 is 18.7 Å². The van der Waals surface area contributed by atoms with E-state index >= 15 is 0 Å². The highest BCUT2D eigenvalue weighted by atomic mass is 79.9. The minimum Gasteiger partial charge on any atom is -0.483 e. The summed E-state index contributed by atoms with van der Waals surface area (Å²) in [6, 6.07) is 21.0. The van der Waals surface area contributed by atoms with E-state index in [1.54, 1.807) is 18.2 Å². The maximum atomic E-state index is 14.8. The normalized spacial score (nSPS) is 14.4. The summed E-state index contributed by atoms with van der Waals surface area (Å²) in [5, 5.41) is 3.20. The molecule has 0 aromatic heterocycles. The highest BCUT2D eigenvalue weighted by Crippen LogP contribution is 2.27. The number of carbonyl (C=O) groups excluding carboxylic acids is 2. The van der Waals surface area contributed by atoms with Gasteiger partial charge in [-0.15, -0.1) is 0 Å². The fraction of sp³-hybridized carbons (Fsp3) is 0.375. The van der Waals surface area contributed by atoms with Crippen LogP contribution in [0.4, 0.5) is 4.39 Å². The smallest absolute Gasteiger partial charge is 0.261 e. The third-order valence-corrected chi connectivity index (χ3v) is 7.90. The van der Waals surface area contributed by atoms with Crippen LogP contribution in [0.5, 0.6) is 5.75 Å². The highest BCUT2D eigenvalue weighted by Gasteiger charge is 2.32. The van der Waals surface area contributed by atoms with E-state index in [9.17, 15) is 14.0 Å². The van der Waals surface area contributed by atoms with E-state index < -0.39 is 11.9 Å². The minimum absolute atomic E-state index is 0.0413. The van der Waals surface area contributed by atoms with Crippen LogP contribution in [0.2, 0.25) is 0 Å². The van der Waals surface area contributed by atoms with Crippen LogP contribution < -0.4 is 10.1 Å². The molecule has 0 spiro atoms. The molecule has 3 aromatic carbocycles. The monoisotopic (exact) mass is 594 g/mol. The van der Waals surface area contributed by atoms with E-state index in [-0.39, 0.29) is 31.0 Å². The zero-order valence-electron chi connectivity index (χ0n) is 22.4. The van der Waals surface area contributed by atoms with Crippen LogP contribution in [0.3, 0.4) is 0 Å². The topological polar surface area (TPSA) is 58.6 Å². The summed E-state index contributed by atoms with van der Waals surface area (Å²) < 4.78 is 21.4. The molecule has 0 heterocycles. The Morgan fingerprint density at radius 1 is 1.00 bits per heavy atom. The molecule has 1 aliphatic carbocycles. The first-order valence-electron chi connectivity index (χ1n) is 13.7. The quantitative estimate of drug-likeness (QED) is 0.271. The van der Waals surface area contributed by atoms with Crippen LogP contribution in [0.25, 0.3) is 0 Å². The van der Waals surface area contributed by atoms with Crippen molar-refractivity contribution in [3.8, 4) is 5.75 Å². The molecule has 1 saturated carbocycles. The van der Waals surface area contributed by atoms with Crippen LogP contribution in [-0.2, 0) is 29.0 Å². The molecular weight excluding hydrogens is 559 g/mol. The number of rotatable bonds is 11. The number of carbonyl (C=O) groups is 2. The number of benzene rings is 3. The SMILES string of the molecule is CCc1ccc(OCC(=O)N(Cc2ccccc2F)[C@@H](Cc2ccccc2)C(=O)NC2CCCCC2)c(Br)c1. The highest BCUT2D eigenvalue weighted by molar-refractivity contribution is 9.10. The second-order valence-electron chi connectivity index (χ2n) is 10.1. The zero-order valence-corrected chi connectivity index (χ0v) is 24.0. The van der Waals surface area contributed by atoms with Crippen molar-refractivity contribution in [2.75, 3.05) is 6.61 Å². The van der Waals surface area contributed by atoms with Crippen molar-refractivity contribution in [1.82, 2.24) is 10.2 Å². The van der Waals surface area contributed by atoms with Gasteiger partial charge in [-0.05, 0) is 64.5 Å². The van der Waals surface area contributed by atoms with Crippen LogP contribution in [0.15, 0.2) is 77.3 Å². The van der Waals surface area contributed by atoms with Gasteiger partial charge in [-0.25, -0.2) is 4.39 Å². The number of ether oxygens (including phenoxy) is 1. The Hall–Kier alpha value is -3.19. The van der Waals surface area contributed by atoms with E-state index in [2.05, 4.69) is 28.2 Å². The van der Waals surface area contributed by atoms with Gasteiger partial charge in [0.1, 0.15) is 17.6 Å². The van der Waals surface area contributed by atoms with Crippen molar-refractivity contribution in [3.63, 3.8) is 0 Å². The summed E-state index contributed by atoms with van der Waals surface area (Å²) in [6.07, 6.45) is 6.37. The molecule has 2 amide bonds. The van der Waals surface area contributed by atoms with Gasteiger partial charge in [-0.2, -0.15) is 0 Å². The lowest BCUT2D eigenvalue weighted by molar-refractivity contribution is -0.143. The molecule has 0 radical (unpaired) electrons. The molecule has 1 atom stereocenters. The summed E-state index contributed by atoms with van der Waals surface area (Å²) in [5.41, 5.74) is 2.42. The molecule has 0 unspecified atom stereocenters. The molecule has 1 aliphatic rings. The fourth-order valence-electron chi connectivity index (χ4n) is 5.01. The Labute approximate surface area is 238 Å². The number of nitrogens with one attached hydrogen (secondary N) is 1. The lowest BCUT2D eigenvalue weighted by atomic mass is 9.94. The molecule has 7 heteroatoms. The van der Waals surface area contributed by atoms with Crippen molar-refractivity contribution in [2.45, 2.75) is 70.5 Å². The summed E-state index contributed by atoms with van der Waals surface area (Å²) >= 11 is 3.53. The number of hydrogen-bond acceptors (Lipinski definition) is 3. The Morgan fingerprint density at radius 2 is 1.72 bits per heavy atom. The van der Waals surface area contributed by atoms with Crippen molar-refractivity contribution >= 4 is 27.7 Å². The van der Waals surface area contributed by atoms with Gasteiger partial charge in [0.25, 0.3) is 5.91 Å². The second kappa shape index (κ2) is 14.3. The molecule has 0 bridgehead atoms. The van der Waals surface area contributed by atoms with Gasteiger partial charge in [0.05, 0.1) is 4.47 Å². The first-order chi connectivity index (χ1) is 18.9. The van der Waals surface area contributed by atoms with E-state index in [1.807, 2.05) is 48.5 Å². The Morgan fingerprint density at radius 3 is 2.41 bits per heavy atom. The third-order valence-electron chi connectivity index (χ3n) is 7.28. The van der Waals surface area contributed by atoms with E-state index in [1.165, 1.54) is 17.4 Å². The summed E-state index contributed by atoms with van der Waals surface area (Å²) in [4.78, 5) is 29.0. The molecule has 206 valence electrons. The van der Waals surface area contributed by atoms with Gasteiger partial charge < -0.3 is 15.0 Å². The molecule has 1 fully saturated rings. The number of halogens is 2. The lowest BCUT2D eigenvalue weighted by Crippen LogP contribution is -2.53. The van der Waals surface area contributed by atoms with Crippen LogP contribution in [-0.4, -0.2) is 35.4 Å². The fourth-order valence-corrected chi connectivity index (χ4v) is 5.55. The third kappa shape index (κ3) is 8.15. The average molecular weight is 596 g/mol. The number of amides is 2. The molecule has 0 aliphatic heterocycles. The van der Waals surface area contributed by atoms with Crippen molar-refractivity contribution in [2.24, 2.45) is 0 Å². The van der Waals surface area contributed by atoms with E-state index in [4.69, 9.17) is 4.74 Å². The molecular formula is C32H36BrFN2O3. The van der Waals surface area contributed by atoms with Crippen LogP contribution in [0.1, 0.15) is 55.7 Å². The maximum Gasteiger partial charge on any atom is 0.261 e. The summed E-state index contributed by atoms with van der Waals surface area (Å²) in [6.45, 7) is 1.75. The Balaban J connectivity index is 1.62. The maximum absolute atomic E-state index is 14.8. The first-order valence-corrected chi connectivity index (χ1v) is 14.5. The van der Waals surface area contributed by atoms with Gasteiger partial charge in [0, 0.05) is 24.6 Å². The predicted molar refractivity (Wildman–Crippen MR) is 155 cm³/mol. The number of aryl methyl sites for hydroxylation is 1. The molecule has 3 aromatic rings. The molecule has 39 heavy (non-hydrogen) atoms. The average Bonchev–Trinajstić information content (AvgIpc) is 2.96. The number of hydrogen-bond donors (Lipinski definition) is 1. The molecule has 0 saturated heterocycles. The first kappa shape index (κ1) is 28.8. The predicted octanol–water partition coefficient (Wildman–Crippen LogP) is 6.62.